The van der Waals surface area contributed by atoms with Crippen LogP contribution in [-0.4, -0.2) is 47.4 Å². The maximum absolute atomic E-state index is 12.5. The number of ether oxygens (including phenoxy) is 1. The van der Waals surface area contributed by atoms with Crippen molar-refractivity contribution in [2.75, 3.05) is 13.2 Å². The van der Waals surface area contributed by atoms with Crippen LogP contribution in [0.2, 0.25) is 0 Å². The molecular weight excluding hydrogens is 1010 g/mol. The van der Waals surface area contributed by atoms with E-state index in [0.29, 0.717) is 25.9 Å². The molecule has 6 nitrogen and oxygen atoms in total. The van der Waals surface area contributed by atoms with Crippen LogP contribution in [0.3, 0.4) is 0 Å². The van der Waals surface area contributed by atoms with Gasteiger partial charge < -0.3 is 20.3 Å². The first-order valence-electron chi connectivity index (χ1n) is 38.3. The summed E-state index contributed by atoms with van der Waals surface area (Å²) in [5.74, 6) is -0.00155. The molecule has 82 heavy (non-hydrogen) atoms. The maximum Gasteiger partial charge on any atom is 0.305 e. The highest BCUT2D eigenvalue weighted by Gasteiger charge is 2.20. The zero-order valence-corrected chi connectivity index (χ0v) is 56.3. The van der Waals surface area contributed by atoms with Gasteiger partial charge in [0.05, 0.1) is 25.4 Å². The second-order valence-corrected chi connectivity index (χ2v) is 26.7. The van der Waals surface area contributed by atoms with Crippen LogP contribution in [0, 0.1) is 0 Å². The second-order valence-electron chi connectivity index (χ2n) is 26.7. The molecule has 0 aromatic rings. The third-order valence-electron chi connectivity index (χ3n) is 18.4. The molecule has 0 aromatic carbocycles. The quantitative estimate of drug-likeness (QED) is 0.0417. The Hall–Kier alpha value is -1.14. The Bertz CT molecular complexity index is 1200. The fraction of sp³-hybridized carbons (Fsp3) is 0.974. The number of esters is 1. The summed E-state index contributed by atoms with van der Waals surface area (Å²) in [4.78, 5) is 24.7. The first-order valence-corrected chi connectivity index (χ1v) is 38.3. The molecule has 1 amide bonds. The lowest BCUT2D eigenvalue weighted by Crippen LogP contribution is -2.45. The normalized spacial score (nSPS) is 12.4. The molecule has 3 N–H and O–H groups in total. The number of aliphatic hydroxyl groups excluding tert-OH is 2. The number of amides is 1. The van der Waals surface area contributed by atoms with Crippen molar-refractivity contribution in [2.24, 2.45) is 0 Å². The van der Waals surface area contributed by atoms with Crippen molar-refractivity contribution in [2.45, 2.75) is 463 Å². The second kappa shape index (κ2) is 72.3. The Balaban J connectivity index is 3.32. The number of carbonyl (C=O) groups excluding carboxylic acids is 2. The smallest absolute Gasteiger partial charge is 0.305 e. The van der Waals surface area contributed by atoms with Crippen LogP contribution in [0.1, 0.15) is 450 Å². The highest BCUT2D eigenvalue weighted by Crippen LogP contribution is 2.20. The highest BCUT2D eigenvalue weighted by molar-refractivity contribution is 5.76. The van der Waals surface area contributed by atoms with Gasteiger partial charge in [0.2, 0.25) is 5.91 Å². The van der Waals surface area contributed by atoms with E-state index >= 15 is 0 Å². The molecule has 0 aliphatic heterocycles. The summed E-state index contributed by atoms with van der Waals surface area (Å²) in [5, 5.41) is 23.4. The highest BCUT2D eigenvalue weighted by atomic mass is 16.5. The average molecular weight is 1160 g/mol. The Morgan fingerprint density at radius 3 is 0.744 bits per heavy atom. The minimum absolute atomic E-state index is 0.0248. The van der Waals surface area contributed by atoms with Gasteiger partial charge in [0.15, 0.2) is 0 Å². The zero-order chi connectivity index (χ0) is 59.2. The molecule has 490 valence electrons. The molecule has 0 spiro atoms. The lowest BCUT2D eigenvalue weighted by molar-refractivity contribution is -0.143. The summed E-state index contributed by atoms with van der Waals surface area (Å²) in [5.41, 5.74) is 0. The fourth-order valence-corrected chi connectivity index (χ4v) is 12.6. The fourth-order valence-electron chi connectivity index (χ4n) is 12.6. The lowest BCUT2D eigenvalue weighted by Gasteiger charge is -2.22. The van der Waals surface area contributed by atoms with Crippen molar-refractivity contribution in [3.8, 4) is 0 Å². The van der Waals surface area contributed by atoms with Gasteiger partial charge in [0.1, 0.15) is 0 Å². The molecule has 0 rings (SSSR count). The standard InChI is InChI=1S/C76H151NO5/c1-3-5-7-9-11-13-15-17-19-21-33-36-40-44-48-52-56-60-64-68-74(79)73(72-78)77-75(80)69-65-61-57-53-49-45-41-37-34-31-29-27-25-23-24-26-28-30-32-35-39-43-47-51-55-59-63-67-71-82-76(81)70-66-62-58-54-50-46-42-38-22-20-18-16-14-12-10-8-6-4-2/h73-74,78-79H,3-72H2,1-2H3,(H,77,80). The van der Waals surface area contributed by atoms with Crippen molar-refractivity contribution < 1.29 is 24.5 Å². The van der Waals surface area contributed by atoms with Crippen LogP contribution >= 0.6 is 0 Å². The van der Waals surface area contributed by atoms with Crippen molar-refractivity contribution >= 4 is 11.9 Å². The topological polar surface area (TPSA) is 95.9 Å². The molecule has 0 heterocycles. The minimum atomic E-state index is -0.662. The molecule has 2 unspecified atom stereocenters. The van der Waals surface area contributed by atoms with E-state index in [1.165, 1.54) is 379 Å². The molecule has 0 aromatic heterocycles. The van der Waals surface area contributed by atoms with Crippen molar-refractivity contribution in [1.29, 1.82) is 0 Å². The van der Waals surface area contributed by atoms with Gasteiger partial charge in [-0.2, -0.15) is 0 Å². The van der Waals surface area contributed by atoms with Gasteiger partial charge in [0, 0.05) is 12.8 Å². The lowest BCUT2D eigenvalue weighted by atomic mass is 10.0. The predicted octanol–water partition coefficient (Wildman–Crippen LogP) is 24.9. The molecule has 0 aliphatic rings. The number of hydrogen-bond donors (Lipinski definition) is 3. The minimum Gasteiger partial charge on any atom is -0.466 e. The number of carbonyl (C=O) groups is 2. The van der Waals surface area contributed by atoms with E-state index in [-0.39, 0.29) is 18.5 Å². The van der Waals surface area contributed by atoms with Gasteiger partial charge in [-0.15, -0.1) is 0 Å². The first-order chi connectivity index (χ1) is 40.5. The summed E-state index contributed by atoms with van der Waals surface area (Å²) in [6.45, 7) is 5.02. The Labute approximate surface area is 515 Å². The molecule has 0 radical (unpaired) electrons. The summed E-state index contributed by atoms with van der Waals surface area (Å²) in [6.07, 6.45) is 88.9. The monoisotopic (exact) mass is 1160 g/mol. The number of aliphatic hydroxyl groups is 2. The molecule has 0 saturated carbocycles. The molecular formula is C76H151NO5. The Morgan fingerprint density at radius 2 is 0.500 bits per heavy atom. The van der Waals surface area contributed by atoms with Crippen LogP contribution in [-0.2, 0) is 14.3 Å². The van der Waals surface area contributed by atoms with Crippen LogP contribution in [0.15, 0.2) is 0 Å². The first kappa shape index (κ1) is 80.9. The van der Waals surface area contributed by atoms with Gasteiger partial charge >= 0.3 is 5.97 Å². The number of rotatable bonds is 73. The van der Waals surface area contributed by atoms with E-state index in [4.69, 9.17) is 4.74 Å². The van der Waals surface area contributed by atoms with E-state index in [9.17, 15) is 19.8 Å². The predicted molar refractivity (Wildman–Crippen MR) is 361 cm³/mol. The summed E-state index contributed by atoms with van der Waals surface area (Å²) in [7, 11) is 0. The Kier molecular flexibility index (Phi) is 71.3. The summed E-state index contributed by atoms with van der Waals surface area (Å²) in [6, 6.07) is -0.539. The van der Waals surface area contributed by atoms with Gasteiger partial charge in [0.25, 0.3) is 0 Å². The van der Waals surface area contributed by atoms with Gasteiger partial charge in [-0.25, -0.2) is 0 Å². The molecule has 0 fully saturated rings. The van der Waals surface area contributed by atoms with Crippen LogP contribution in [0.4, 0.5) is 0 Å². The Morgan fingerprint density at radius 1 is 0.293 bits per heavy atom. The summed E-state index contributed by atoms with van der Waals surface area (Å²) >= 11 is 0. The van der Waals surface area contributed by atoms with Crippen molar-refractivity contribution in [3.05, 3.63) is 0 Å². The maximum atomic E-state index is 12.5. The summed E-state index contributed by atoms with van der Waals surface area (Å²) < 4.78 is 5.52. The van der Waals surface area contributed by atoms with Crippen molar-refractivity contribution in [3.63, 3.8) is 0 Å². The zero-order valence-electron chi connectivity index (χ0n) is 56.3. The molecule has 0 saturated heterocycles. The number of nitrogens with one attached hydrogen (secondary N) is 1. The van der Waals surface area contributed by atoms with E-state index in [0.717, 1.165) is 38.5 Å². The van der Waals surface area contributed by atoms with Crippen LogP contribution < -0.4 is 5.32 Å². The molecule has 0 aliphatic carbocycles. The van der Waals surface area contributed by atoms with Crippen LogP contribution in [0.25, 0.3) is 0 Å². The van der Waals surface area contributed by atoms with E-state index in [1.54, 1.807) is 0 Å². The molecule has 6 heteroatoms. The van der Waals surface area contributed by atoms with E-state index in [2.05, 4.69) is 19.2 Å². The third kappa shape index (κ3) is 68.0. The van der Waals surface area contributed by atoms with Gasteiger partial charge in [-0.1, -0.05) is 412 Å². The average Bonchev–Trinajstić information content (AvgIpc) is 3.48. The van der Waals surface area contributed by atoms with Gasteiger partial charge in [-0.05, 0) is 25.7 Å². The SMILES string of the molecule is CCCCCCCCCCCCCCCCCCCCCC(O)C(CO)NC(=O)CCCCCCCCCCCCCCCCCCCCCCCCCCCCCCOC(=O)CCCCCCCCCCCCCCCCCCCC. The van der Waals surface area contributed by atoms with Gasteiger partial charge in [-0.3, -0.25) is 9.59 Å². The van der Waals surface area contributed by atoms with Crippen molar-refractivity contribution in [1.82, 2.24) is 5.32 Å². The molecule has 0 bridgehead atoms. The molecule has 2 atom stereocenters. The third-order valence-corrected chi connectivity index (χ3v) is 18.4. The number of hydrogen-bond acceptors (Lipinski definition) is 5. The largest absolute Gasteiger partial charge is 0.466 e. The van der Waals surface area contributed by atoms with E-state index < -0.39 is 12.1 Å². The number of unbranched alkanes of at least 4 members (excludes halogenated alkanes) is 62. The van der Waals surface area contributed by atoms with Crippen LogP contribution in [0.5, 0.6) is 0 Å². The van der Waals surface area contributed by atoms with E-state index in [1.807, 2.05) is 0 Å².